The minimum Gasteiger partial charge on any atom is -0.489 e. The molecule has 0 radical (unpaired) electrons. The maximum absolute atomic E-state index is 11.3. The summed E-state index contributed by atoms with van der Waals surface area (Å²) in [6.07, 6.45) is 0.570. The lowest BCUT2D eigenvalue weighted by Gasteiger charge is -2.22. The fraction of sp³-hybridized carbons (Fsp3) is 0.267. The first-order valence-electron chi connectivity index (χ1n) is 12.2. The Morgan fingerprint density at radius 3 is 2.59 bits per heavy atom. The molecule has 1 aromatic heterocycles. The summed E-state index contributed by atoms with van der Waals surface area (Å²) in [5.41, 5.74) is 6.09. The number of aromatic carboxylic acids is 1. The zero-order chi connectivity index (χ0) is 26.5. The molecule has 0 bridgehead atoms. The van der Waals surface area contributed by atoms with E-state index in [1.165, 1.54) is 0 Å². The average Bonchev–Trinajstić information content (AvgIpc) is 3.27. The van der Waals surface area contributed by atoms with Crippen LogP contribution < -0.4 is 9.64 Å². The van der Waals surface area contributed by atoms with Gasteiger partial charge < -0.3 is 19.3 Å². The van der Waals surface area contributed by atoms with Gasteiger partial charge in [0.15, 0.2) is 0 Å². The number of aromatic nitrogens is 1. The highest BCUT2D eigenvalue weighted by Crippen LogP contribution is 2.30. The summed E-state index contributed by atoms with van der Waals surface area (Å²) in [5, 5.41) is 14.3. The molecule has 4 rings (SSSR count). The Kier molecular flexibility index (Phi) is 8.19. The van der Waals surface area contributed by atoms with Gasteiger partial charge in [0.2, 0.25) is 0 Å². The van der Waals surface area contributed by atoms with Crippen LogP contribution in [0.3, 0.4) is 0 Å². The molecule has 0 spiro atoms. The van der Waals surface area contributed by atoms with Gasteiger partial charge in [0.1, 0.15) is 18.1 Å². The molecule has 0 aliphatic heterocycles. The van der Waals surface area contributed by atoms with E-state index >= 15 is 0 Å². The molecule has 0 unspecified atom stereocenters. The van der Waals surface area contributed by atoms with Gasteiger partial charge in [0.25, 0.3) is 0 Å². The first kappa shape index (κ1) is 26.3. The summed E-state index contributed by atoms with van der Waals surface area (Å²) in [6.45, 7) is 7.11. The molecule has 1 N–H and O–H groups in total. The second kappa shape index (κ2) is 11.5. The number of nitrogens with zero attached hydrogens (tertiary/aromatic N) is 2. The number of rotatable bonds is 10. The van der Waals surface area contributed by atoms with Gasteiger partial charge in [-0.3, -0.25) is 0 Å². The van der Waals surface area contributed by atoms with Gasteiger partial charge in [-0.15, -0.1) is 0 Å². The van der Waals surface area contributed by atoms with Crippen LogP contribution in [0.1, 0.15) is 63.8 Å². The smallest absolute Gasteiger partial charge is 0.335 e. The van der Waals surface area contributed by atoms with E-state index in [0.29, 0.717) is 24.6 Å². The number of ether oxygens (including phenoxy) is 1. The molecule has 0 fully saturated rings. The quantitative estimate of drug-likeness (QED) is 0.238. The number of carboxylic acid groups (broad SMARTS) is 1. The Morgan fingerprint density at radius 2 is 1.89 bits per heavy atom. The third kappa shape index (κ3) is 6.33. The van der Waals surface area contributed by atoms with Crippen LogP contribution in [0.4, 0.5) is 5.69 Å². The molecule has 0 atom stereocenters. The van der Waals surface area contributed by atoms with Crippen molar-refractivity contribution >= 4 is 23.3 Å². The first-order valence-corrected chi connectivity index (χ1v) is 12.6. The second-order valence-corrected chi connectivity index (χ2v) is 9.90. The van der Waals surface area contributed by atoms with Crippen molar-refractivity contribution in [3.05, 3.63) is 111 Å². The number of hydrogen-bond donors (Lipinski definition) is 1. The van der Waals surface area contributed by atoms with Crippen molar-refractivity contribution in [2.45, 2.75) is 46.3 Å². The average molecular weight is 519 g/mol. The summed E-state index contributed by atoms with van der Waals surface area (Å²) < 4.78 is 11.9. The predicted octanol–water partition coefficient (Wildman–Crippen LogP) is 7.26. The van der Waals surface area contributed by atoms with E-state index in [1.54, 1.807) is 18.2 Å². The first-order chi connectivity index (χ1) is 17.7. The van der Waals surface area contributed by atoms with E-state index in [2.05, 4.69) is 23.9 Å². The van der Waals surface area contributed by atoms with Crippen molar-refractivity contribution in [3.8, 4) is 5.75 Å². The van der Waals surface area contributed by atoms with Gasteiger partial charge in [-0.1, -0.05) is 60.9 Å². The summed E-state index contributed by atoms with van der Waals surface area (Å²) in [5.74, 6) is 0.815. The Labute approximate surface area is 222 Å². The van der Waals surface area contributed by atoms with Crippen LogP contribution in [-0.4, -0.2) is 23.3 Å². The predicted molar refractivity (Wildman–Crippen MR) is 146 cm³/mol. The molecular weight excluding hydrogens is 488 g/mol. The number of aryl methyl sites for hydroxylation is 1. The Bertz CT molecular complexity index is 1400. The van der Waals surface area contributed by atoms with Crippen LogP contribution in [0, 0.1) is 6.92 Å². The molecule has 1 heterocycles. The molecule has 7 heteroatoms. The van der Waals surface area contributed by atoms with Crippen molar-refractivity contribution in [3.63, 3.8) is 0 Å². The lowest BCUT2D eigenvalue weighted by atomic mass is 10.0. The number of benzene rings is 3. The van der Waals surface area contributed by atoms with E-state index in [4.69, 9.17) is 20.9 Å². The van der Waals surface area contributed by atoms with Crippen molar-refractivity contribution in [2.24, 2.45) is 0 Å². The Morgan fingerprint density at radius 1 is 1.11 bits per heavy atom. The summed E-state index contributed by atoms with van der Waals surface area (Å²) in [7, 11) is 1.99. The molecule has 6 nitrogen and oxygen atoms in total. The number of anilines is 1. The van der Waals surface area contributed by atoms with Crippen LogP contribution in [0.15, 0.2) is 71.3 Å². The standard InChI is InChI=1S/C30H31ClN2O4/c1-19(2)29-25(27(32-37-29)16-22-9-5-6-11-26(22)31)18-36-24-12-13-28(20(3)14-24)33(4)17-21-8-7-10-23(15-21)30(34)35/h5-15,19H,16-18H2,1-4H3,(H,34,35). The number of halogens is 1. The molecule has 3 aromatic carbocycles. The largest absolute Gasteiger partial charge is 0.489 e. The van der Waals surface area contributed by atoms with Crippen LogP contribution in [0.5, 0.6) is 5.75 Å². The lowest BCUT2D eigenvalue weighted by molar-refractivity contribution is 0.0696. The highest BCUT2D eigenvalue weighted by molar-refractivity contribution is 6.31. The zero-order valence-corrected chi connectivity index (χ0v) is 22.2. The molecule has 0 saturated heterocycles. The highest BCUT2D eigenvalue weighted by atomic mass is 35.5. The maximum atomic E-state index is 11.3. The number of carbonyl (C=O) groups is 1. The van der Waals surface area contributed by atoms with Crippen LogP contribution in [-0.2, 0) is 19.6 Å². The monoisotopic (exact) mass is 518 g/mol. The molecule has 37 heavy (non-hydrogen) atoms. The molecular formula is C30H31ClN2O4. The third-order valence-electron chi connectivity index (χ3n) is 6.30. The summed E-state index contributed by atoms with van der Waals surface area (Å²) in [6, 6.07) is 20.7. The van der Waals surface area contributed by atoms with Gasteiger partial charge in [-0.2, -0.15) is 0 Å². The lowest BCUT2D eigenvalue weighted by Crippen LogP contribution is -2.17. The normalized spacial score (nSPS) is 11.1. The fourth-order valence-corrected chi connectivity index (χ4v) is 4.59. The fourth-order valence-electron chi connectivity index (χ4n) is 4.39. The Hall–Kier alpha value is -3.77. The molecule has 0 saturated carbocycles. The number of carboxylic acids is 1. The van der Waals surface area contributed by atoms with Crippen molar-refractivity contribution < 1.29 is 19.2 Å². The van der Waals surface area contributed by atoms with E-state index in [1.807, 2.05) is 62.5 Å². The van der Waals surface area contributed by atoms with E-state index in [9.17, 15) is 9.90 Å². The minimum atomic E-state index is -0.925. The van der Waals surface area contributed by atoms with Crippen LogP contribution in [0.2, 0.25) is 5.02 Å². The SMILES string of the molecule is Cc1cc(OCc2c(Cc3ccccc3Cl)noc2C(C)C)ccc1N(C)Cc1cccc(C(=O)O)c1. The van der Waals surface area contributed by atoms with Gasteiger partial charge >= 0.3 is 5.97 Å². The topological polar surface area (TPSA) is 75.8 Å². The summed E-state index contributed by atoms with van der Waals surface area (Å²) in [4.78, 5) is 13.4. The van der Waals surface area contributed by atoms with Gasteiger partial charge in [-0.05, 0) is 60.0 Å². The molecule has 192 valence electrons. The van der Waals surface area contributed by atoms with Gasteiger partial charge in [-0.25, -0.2) is 4.79 Å². The zero-order valence-electron chi connectivity index (χ0n) is 21.5. The Balaban J connectivity index is 1.48. The second-order valence-electron chi connectivity index (χ2n) is 9.49. The molecule has 4 aromatic rings. The van der Waals surface area contributed by atoms with Crippen LogP contribution in [0.25, 0.3) is 0 Å². The minimum absolute atomic E-state index is 0.170. The maximum Gasteiger partial charge on any atom is 0.335 e. The van der Waals surface area contributed by atoms with E-state index in [0.717, 1.165) is 45.1 Å². The van der Waals surface area contributed by atoms with Crippen molar-refractivity contribution in [1.82, 2.24) is 5.16 Å². The van der Waals surface area contributed by atoms with E-state index < -0.39 is 5.97 Å². The van der Waals surface area contributed by atoms with Gasteiger partial charge in [0, 0.05) is 36.6 Å². The number of hydrogen-bond acceptors (Lipinski definition) is 5. The van der Waals surface area contributed by atoms with E-state index in [-0.39, 0.29) is 11.5 Å². The van der Waals surface area contributed by atoms with Crippen LogP contribution >= 0.6 is 11.6 Å². The molecule has 0 aliphatic rings. The highest BCUT2D eigenvalue weighted by Gasteiger charge is 2.20. The summed E-state index contributed by atoms with van der Waals surface area (Å²) >= 11 is 6.38. The van der Waals surface area contributed by atoms with Crippen molar-refractivity contribution in [2.75, 3.05) is 11.9 Å². The molecule has 0 aliphatic carbocycles. The molecule has 0 amide bonds. The van der Waals surface area contributed by atoms with Crippen molar-refractivity contribution in [1.29, 1.82) is 0 Å². The third-order valence-corrected chi connectivity index (χ3v) is 6.67. The van der Waals surface area contributed by atoms with Gasteiger partial charge in [0.05, 0.1) is 16.8 Å².